The Morgan fingerprint density at radius 3 is 2.50 bits per heavy atom. The van der Waals surface area contributed by atoms with E-state index in [4.69, 9.17) is 4.74 Å². The number of hydrogen-bond acceptors (Lipinski definition) is 4. The second-order valence-corrected chi connectivity index (χ2v) is 6.08. The minimum absolute atomic E-state index is 0.0986. The molecule has 0 bridgehead atoms. The van der Waals surface area contributed by atoms with E-state index in [1.165, 1.54) is 6.92 Å². The van der Waals surface area contributed by atoms with Gasteiger partial charge in [0.1, 0.15) is 18.4 Å². The van der Waals surface area contributed by atoms with E-state index in [2.05, 4.69) is 5.32 Å². The first-order valence-electron chi connectivity index (χ1n) is 8.45. The number of nitrogens with zero attached hydrogens (tertiary/aromatic N) is 1. The molecule has 6 heteroatoms. The minimum atomic E-state index is -0.561. The summed E-state index contributed by atoms with van der Waals surface area (Å²) in [4.78, 5) is 37.3. The molecule has 0 unspecified atom stereocenters. The van der Waals surface area contributed by atoms with Crippen molar-refractivity contribution in [3.8, 4) is 5.75 Å². The molecule has 0 saturated carbocycles. The van der Waals surface area contributed by atoms with Crippen molar-refractivity contribution in [2.45, 2.75) is 19.4 Å². The summed E-state index contributed by atoms with van der Waals surface area (Å²) >= 11 is 0. The lowest BCUT2D eigenvalue weighted by Crippen LogP contribution is -2.35. The van der Waals surface area contributed by atoms with E-state index in [0.717, 1.165) is 10.5 Å². The van der Waals surface area contributed by atoms with Crippen molar-refractivity contribution < 1.29 is 19.1 Å². The van der Waals surface area contributed by atoms with E-state index in [-0.39, 0.29) is 24.8 Å². The van der Waals surface area contributed by atoms with Gasteiger partial charge in [0.2, 0.25) is 0 Å². The Kier molecular flexibility index (Phi) is 5.31. The number of Topliss-reactive ketones (excluding diaryl/α,β-unsaturated/α-hetero) is 1. The highest BCUT2D eigenvalue weighted by molar-refractivity contribution is 6.04. The van der Waals surface area contributed by atoms with Crippen LogP contribution in [0, 0.1) is 0 Å². The maximum atomic E-state index is 12.5. The summed E-state index contributed by atoms with van der Waals surface area (Å²) in [5, 5.41) is 2.71. The Morgan fingerprint density at radius 2 is 1.77 bits per heavy atom. The van der Waals surface area contributed by atoms with Gasteiger partial charge in [-0.05, 0) is 24.6 Å². The molecular weight excluding hydrogens is 332 g/mol. The van der Waals surface area contributed by atoms with Gasteiger partial charge in [-0.15, -0.1) is 0 Å². The average molecular weight is 352 g/mol. The number of ether oxygens (including phenoxy) is 1. The summed E-state index contributed by atoms with van der Waals surface area (Å²) in [5.41, 5.74) is 1.46. The fourth-order valence-electron chi connectivity index (χ4n) is 2.91. The standard InChI is InChI=1S/C20H20N2O4/c1-14(23)16-9-5-6-10-18(16)26-12-11-22-19(24)17(21-20(22)25)13-15-7-3-2-4-8-15/h2-10,17H,11-13H2,1H3,(H,21,25)/t17-/m0/s1. The molecule has 0 aliphatic carbocycles. The fourth-order valence-corrected chi connectivity index (χ4v) is 2.91. The lowest BCUT2D eigenvalue weighted by molar-refractivity contribution is -0.127. The molecule has 1 saturated heterocycles. The van der Waals surface area contributed by atoms with Gasteiger partial charge in [-0.2, -0.15) is 0 Å². The molecule has 0 radical (unpaired) electrons. The molecule has 1 N–H and O–H groups in total. The molecule has 26 heavy (non-hydrogen) atoms. The van der Waals surface area contributed by atoms with Crippen LogP contribution in [0.5, 0.6) is 5.75 Å². The first kappa shape index (κ1) is 17.7. The van der Waals surface area contributed by atoms with E-state index in [1.54, 1.807) is 24.3 Å². The smallest absolute Gasteiger partial charge is 0.324 e. The van der Waals surface area contributed by atoms with Crippen LogP contribution in [0.25, 0.3) is 0 Å². The van der Waals surface area contributed by atoms with Crippen molar-refractivity contribution in [2.75, 3.05) is 13.2 Å². The monoisotopic (exact) mass is 352 g/mol. The Labute approximate surface area is 151 Å². The number of para-hydroxylation sites is 1. The normalized spacial score (nSPS) is 16.5. The van der Waals surface area contributed by atoms with E-state index in [1.807, 2.05) is 30.3 Å². The van der Waals surface area contributed by atoms with Crippen molar-refractivity contribution in [3.05, 3.63) is 65.7 Å². The van der Waals surface area contributed by atoms with Crippen LogP contribution in [0.4, 0.5) is 4.79 Å². The van der Waals surface area contributed by atoms with Gasteiger partial charge in [0.15, 0.2) is 5.78 Å². The fraction of sp³-hybridized carbons (Fsp3) is 0.250. The lowest BCUT2D eigenvalue weighted by Gasteiger charge is -2.15. The molecular formula is C20H20N2O4. The van der Waals surface area contributed by atoms with Crippen LogP contribution >= 0.6 is 0 Å². The Balaban J connectivity index is 1.58. The topological polar surface area (TPSA) is 75.7 Å². The number of benzene rings is 2. The third kappa shape index (κ3) is 3.91. The average Bonchev–Trinajstić information content (AvgIpc) is 2.90. The molecule has 6 nitrogen and oxygen atoms in total. The summed E-state index contributed by atoms with van der Waals surface area (Å²) < 4.78 is 5.62. The Hall–Kier alpha value is -3.15. The number of carbonyl (C=O) groups is 3. The number of carbonyl (C=O) groups excluding carboxylic acids is 3. The molecule has 0 aromatic heterocycles. The van der Waals surface area contributed by atoms with Gasteiger partial charge in [-0.25, -0.2) is 4.79 Å². The zero-order valence-corrected chi connectivity index (χ0v) is 14.5. The number of urea groups is 1. The first-order valence-corrected chi connectivity index (χ1v) is 8.45. The number of hydrogen-bond donors (Lipinski definition) is 1. The van der Waals surface area contributed by atoms with Crippen molar-refractivity contribution in [1.29, 1.82) is 0 Å². The largest absolute Gasteiger partial charge is 0.491 e. The summed E-state index contributed by atoms with van der Waals surface area (Å²) in [6, 6.07) is 15.5. The second kappa shape index (κ2) is 7.82. The highest BCUT2D eigenvalue weighted by atomic mass is 16.5. The molecule has 3 amide bonds. The van der Waals surface area contributed by atoms with Crippen LogP contribution in [0.3, 0.4) is 0 Å². The van der Waals surface area contributed by atoms with Crippen molar-refractivity contribution in [3.63, 3.8) is 0 Å². The Morgan fingerprint density at radius 1 is 1.08 bits per heavy atom. The predicted molar refractivity (Wildman–Crippen MR) is 96.1 cm³/mol. The molecule has 1 aliphatic rings. The van der Waals surface area contributed by atoms with Gasteiger partial charge in [0, 0.05) is 6.42 Å². The molecule has 134 valence electrons. The van der Waals surface area contributed by atoms with Gasteiger partial charge in [-0.3, -0.25) is 14.5 Å². The van der Waals surface area contributed by atoms with Gasteiger partial charge in [-0.1, -0.05) is 42.5 Å². The maximum Gasteiger partial charge on any atom is 0.324 e. The molecule has 2 aromatic rings. The van der Waals surface area contributed by atoms with Crippen LogP contribution in [-0.4, -0.2) is 41.8 Å². The SMILES string of the molecule is CC(=O)c1ccccc1OCCN1C(=O)N[C@@H](Cc2ccccc2)C1=O. The summed E-state index contributed by atoms with van der Waals surface area (Å²) in [5.74, 6) is 0.0914. The first-order chi connectivity index (χ1) is 12.6. The third-order valence-electron chi connectivity index (χ3n) is 4.23. The van der Waals surface area contributed by atoms with Crippen LogP contribution < -0.4 is 10.1 Å². The number of ketones is 1. The van der Waals surface area contributed by atoms with Crippen LogP contribution in [-0.2, 0) is 11.2 Å². The maximum absolute atomic E-state index is 12.5. The van der Waals surface area contributed by atoms with Gasteiger partial charge in [0.25, 0.3) is 5.91 Å². The van der Waals surface area contributed by atoms with Crippen molar-refractivity contribution >= 4 is 17.7 Å². The molecule has 2 aromatic carbocycles. The van der Waals surface area contributed by atoms with Gasteiger partial charge < -0.3 is 10.1 Å². The van der Waals surface area contributed by atoms with Crippen LogP contribution in [0.2, 0.25) is 0 Å². The Bertz CT molecular complexity index is 820. The molecule has 1 fully saturated rings. The number of imide groups is 1. The van der Waals surface area contributed by atoms with Crippen molar-refractivity contribution in [1.82, 2.24) is 10.2 Å². The van der Waals surface area contributed by atoms with Gasteiger partial charge >= 0.3 is 6.03 Å². The molecule has 0 spiro atoms. The number of amides is 3. The second-order valence-electron chi connectivity index (χ2n) is 6.08. The minimum Gasteiger partial charge on any atom is -0.491 e. The van der Waals surface area contributed by atoms with Crippen LogP contribution in [0.1, 0.15) is 22.8 Å². The van der Waals surface area contributed by atoms with Gasteiger partial charge in [0.05, 0.1) is 12.1 Å². The molecule has 3 rings (SSSR count). The van der Waals surface area contributed by atoms with Crippen molar-refractivity contribution in [2.24, 2.45) is 0 Å². The quantitative estimate of drug-likeness (QED) is 0.613. The van der Waals surface area contributed by atoms with Crippen LogP contribution in [0.15, 0.2) is 54.6 Å². The molecule has 1 heterocycles. The molecule has 1 atom stereocenters. The summed E-state index contributed by atoms with van der Waals surface area (Å²) in [6.45, 7) is 1.72. The third-order valence-corrected chi connectivity index (χ3v) is 4.23. The number of nitrogens with one attached hydrogen (secondary N) is 1. The zero-order chi connectivity index (χ0) is 18.5. The predicted octanol–water partition coefficient (Wildman–Crippen LogP) is 2.43. The summed E-state index contributed by atoms with van der Waals surface area (Å²) in [6.07, 6.45) is 0.454. The van der Waals surface area contributed by atoms with E-state index in [0.29, 0.717) is 17.7 Å². The van der Waals surface area contributed by atoms with E-state index < -0.39 is 12.1 Å². The highest BCUT2D eigenvalue weighted by Gasteiger charge is 2.37. The summed E-state index contributed by atoms with van der Waals surface area (Å²) in [7, 11) is 0. The zero-order valence-electron chi connectivity index (χ0n) is 14.5. The number of rotatable bonds is 7. The molecule has 1 aliphatic heterocycles. The van der Waals surface area contributed by atoms with E-state index in [9.17, 15) is 14.4 Å². The highest BCUT2D eigenvalue weighted by Crippen LogP contribution is 2.19. The lowest BCUT2D eigenvalue weighted by atomic mass is 10.1. The van der Waals surface area contributed by atoms with E-state index >= 15 is 0 Å².